The minimum absolute atomic E-state index is 0.0644. The van der Waals surface area contributed by atoms with Crippen LogP contribution >= 0.6 is 0 Å². The number of fused-ring (bicyclic) bond motifs is 1. The molecular formula is C21H25N5O. The van der Waals surface area contributed by atoms with E-state index in [1.807, 2.05) is 25.1 Å². The minimum Gasteiger partial charge on any atom is -0.314 e. The summed E-state index contributed by atoms with van der Waals surface area (Å²) in [7, 11) is 0. The predicted molar refractivity (Wildman–Crippen MR) is 107 cm³/mol. The van der Waals surface area contributed by atoms with Crippen molar-refractivity contribution in [2.45, 2.75) is 51.6 Å². The fourth-order valence-electron chi connectivity index (χ4n) is 3.79. The van der Waals surface area contributed by atoms with E-state index in [-0.39, 0.29) is 5.56 Å². The van der Waals surface area contributed by atoms with Crippen LogP contribution in [0.5, 0.6) is 0 Å². The molecule has 27 heavy (non-hydrogen) atoms. The molecule has 3 aromatic heterocycles. The third kappa shape index (κ3) is 3.90. The van der Waals surface area contributed by atoms with E-state index in [1.165, 1.54) is 19.3 Å². The van der Waals surface area contributed by atoms with Crippen LogP contribution in [0.1, 0.15) is 37.7 Å². The number of piperidine rings is 1. The van der Waals surface area contributed by atoms with E-state index in [0.29, 0.717) is 23.6 Å². The zero-order valence-corrected chi connectivity index (χ0v) is 15.7. The molecule has 0 saturated carbocycles. The highest BCUT2D eigenvalue weighted by atomic mass is 16.1. The van der Waals surface area contributed by atoms with Gasteiger partial charge in [-0.3, -0.25) is 14.3 Å². The Bertz CT molecular complexity index is 977. The highest BCUT2D eigenvalue weighted by Gasteiger charge is 2.14. The maximum absolute atomic E-state index is 13.0. The lowest BCUT2D eigenvalue weighted by atomic mass is 10.0. The summed E-state index contributed by atoms with van der Waals surface area (Å²) in [5.41, 5.74) is 3.67. The highest BCUT2D eigenvalue weighted by Crippen LogP contribution is 2.21. The van der Waals surface area contributed by atoms with E-state index in [0.717, 1.165) is 36.2 Å². The van der Waals surface area contributed by atoms with E-state index in [2.05, 4.69) is 20.3 Å². The summed E-state index contributed by atoms with van der Waals surface area (Å²) in [5, 5.41) is 3.56. The Morgan fingerprint density at radius 2 is 2.22 bits per heavy atom. The molecule has 0 radical (unpaired) electrons. The second kappa shape index (κ2) is 7.96. The number of hydrogen-bond acceptors (Lipinski definition) is 5. The summed E-state index contributed by atoms with van der Waals surface area (Å²) in [6.45, 7) is 3.76. The van der Waals surface area contributed by atoms with Gasteiger partial charge in [0.15, 0.2) is 5.52 Å². The molecule has 1 N–H and O–H groups in total. The molecule has 6 heteroatoms. The Kier molecular flexibility index (Phi) is 5.25. The van der Waals surface area contributed by atoms with Gasteiger partial charge < -0.3 is 5.32 Å². The Morgan fingerprint density at radius 1 is 1.30 bits per heavy atom. The average molecular weight is 363 g/mol. The molecule has 0 bridgehead atoms. The fraction of sp³-hybridized carbons (Fsp3) is 0.429. The van der Waals surface area contributed by atoms with Crippen molar-refractivity contribution in [3.8, 4) is 11.3 Å². The molecule has 0 aliphatic carbocycles. The van der Waals surface area contributed by atoms with Crippen LogP contribution in [-0.2, 0) is 6.54 Å². The molecule has 6 nitrogen and oxygen atoms in total. The smallest absolute Gasteiger partial charge is 0.279 e. The third-order valence-electron chi connectivity index (χ3n) is 5.29. The van der Waals surface area contributed by atoms with Crippen LogP contribution in [0.3, 0.4) is 0 Å². The second-order valence-corrected chi connectivity index (χ2v) is 7.30. The Labute approximate surface area is 158 Å². The quantitative estimate of drug-likeness (QED) is 0.754. The van der Waals surface area contributed by atoms with Crippen LogP contribution < -0.4 is 10.9 Å². The molecule has 1 aliphatic heterocycles. The van der Waals surface area contributed by atoms with Crippen molar-refractivity contribution in [3.63, 3.8) is 0 Å². The number of pyridine rings is 2. The first kappa shape index (κ1) is 17.8. The maximum Gasteiger partial charge on any atom is 0.279 e. The largest absolute Gasteiger partial charge is 0.314 e. The summed E-state index contributed by atoms with van der Waals surface area (Å²) < 4.78 is 1.70. The van der Waals surface area contributed by atoms with E-state index >= 15 is 0 Å². The number of nitrogens with one attached hydrogen (secondary N) is 1. The van der Waals surface area contributed by atoms with Crippen molar-refractivity contribution >= 4 is 11.0 Å². The van der Waals surface area contributed by atoms with Crippen molar-refractivity contribution in [1.29, 1.82) is 0 Å². The summed E-state index contributed by atoms with van der Waals surface area (Å²) >= 11 is 0. The van der Waals surface area contributed by atoms with Crippen molar-refractivity contribution in [2.75, 3.05) is 6.54 Å². The summed E-state index contributed by atoms with van der Waals surface area (Å²) in [4.78, 5) is 26.3. The van der Waals surface area contributed by atoms with E-state index in [1.54, 1.807) is 23.3 Å². The number of nitrogens with zero attached hydrogens (tertiary/aromatic N) is 4. The van der Waals surface area contributed by atoms with Crippen LogP contribution in [-0.4, -0.2) is 32.1 Å². The van der Waals surface area contributed by atoms with Gasteiger partial charge in [0.25, 0.3) is 5.56 Å². The number of hydrogen-bond donors (Lipinski definition) is 1. The second-order valence-electron chi connectivity index (χ2n) is 7.30. The first-order chi connectivity index (χ1) is 13.2. The zero-order chi connectivity index (χ0) is 18.6. The molecule has 1 fully saturated rings. The van der Waals surface area contributed by atoms with E-state index in [9.17, 15) is 4.79 Å². The molecule has 0 aromatic carbocycles. The molecule has 1 atom stereocenters. The van der Waals surface area contributed by atoms with Crippen molar-refractivity contribution < 1.29 is 0 Å². The van der Waals surface area contributed by atoms with Crippen LogP contribution in [0, 0.1) is 6.92 Å². The Hall–Kier alpha value is -2.60. The van der Waals surface area contributed by atoms with Gasteiger partial charge in [-0.15, -0.1) is 0 Å². The standard InChI is InChI=1S/C21H25N5O/c1-15-12-18(16-6-4-9-22-13-16)25-20-19(15)24-14-26(21(20)27)11-5-8-17-7-2-3-10-23-17/h4,6,9,12-14,17,23H,2-3,5,7-8,10-11H2,1H3/t17-/m0/s1. The lowest BCUT2D eigenvalue weighted by molar-refractivity contribution is 0.367. The van der Waals surface area contributed by atoms with Gasteiger partial charge in [-0.2, -0.15) is 0 Å². The molecular weight excluding hydrogens is 338 g/mol. The Balaban J connectivity index is 1.59. The zero-order valence-electron chi connectivity index (χ0n) is 15.7. The molecule has 4 rings (SSSR count). The summed E-state index contributed by atoms with van der Waals surface area (Å²) in [5.74, 6) is 0. The SMILES string of the molecule is Cc1cc(-c2cccnc2)nc2c(=O)n(CCC[C@@H]3CCCCN3)cnc12. The van der Waals surface area contributed by atoms with Crippen molar-refractivity contribution in [1.82, 2.24) is 24.8 Å². The van der Waals surface area contributed by atoms with Gasteiger partial charge in [-0.1, -0.05) is 6.42 Å². The van der Waals surface area contributed by atoms with Gasteiger partial charge in [0.05, 0.1) is 17.5 Å². The topological polar surface area (TPSA) is 72.7 Å². The molecule has 140 valence electrons. The molecule has 4 heterocycles. The van der Waals surface area contributed by atoms with Crippen LogP contribution in [0.15, 0.2) is 41.7 Å². The van der Waals surface area contributed by atoms with Crippen molar-refractivity contribution in [2.24, 2.45) is 0 Å². The fourth-order valence-corrected chi connectivity index (χ4v) is 3.79. The number of rotatable bonds is 5. The average Bonchev–Trinajstić information content (AvgIpc) is 2.71. The van der Waals surface area contributed by atoms with Crippen LogP contribution in [0.2, 0.25) is 0 Å². The van der Waals surface area contributed by atoms with E-state index in [4.69, 9.17) is 0 Å². The highest BCUT2D eigenvalue weighted by molar-refractivity contribution is 5.80. The normalized spacial score (nSPS) is 17.3. The monoisotopic (exact) mass is 363 g/mol. The van der Waals surface area contributed by atoms with Gasteiger partial charge >= 0.3 is 0 Å². The lowest BCUT2D eigenvalue weighted by Crippen LogP contribution is -2.34. The predicted octanol–water partition coefficient (Wildman–Crippen LogP) is 3.08. The lowest BCUT2D eigenvalue weighted by Gasteiger charge is -2.23. The van der Waals surface area contributed by atoms with Gasteiger partial charge in [-0.25, -0.2) is 9.97 Å². The first-order valence-electron chi connectivity index (χ1n) is 9.73. The minimum atomic E-state index is -0.0644. The van der Waals surface area contributed by atoms with Gasteiger partial charge in [0, 0.05) is 30.5 Å². The third-order valence-corrected chi connectivity index (χ3v) is 5.29. The van der Waals surface area contributed by atoms with Crippen LogP contribution in [0.4, 0.5) is 0 Å². The molecule has 1 saturated heterocycles. The van der Waals surface area contributed by atoms with E-state index < -0.39 is 0 Å². The Morgan fingerprint density at radius 3 is 3.00 bits per heavy atom. The number of aromatic nitrogens is 4. The summed E-state index contributed by atoms with van der Waals surface area (Å²) in [6, 6.07) is 6.37. The van der Waals surface area contributed by atoms with Crippen molar-refractivity contribution in [3.05, 3.63) is 52.8 Å². The molecule has 3 aromatic rings. The first-order valence-corrected chi connectivity index (χ1v) is 9.73. The maximum atomic E-state index is 13.0. The summed E-state index contributed by atoms with van der Waals surface area (Å²) in [6.07, 6.45) is 11.0. The molecule has 0 amide bonds. The molecule has 0 unspecified atom stereocenters. The molecule has 1 aliphatic rings. The van der Waals surface area contributed by atoms with Gasteiger partial charge in [-0.05, 0) is 62.9 Å². The van der Waals surface area contributed by atoms with Gasteiger partial charge in [0.1, 0.15) is 0 Å². The number of aryl methyl sites for hydroxylation is 2. The molecule has 0 spiro atoms. The van der Waals surface area contributed by atoms with Crippen LogP contribution in [0.25, 0.3) is 22.3 Å². The van der Waals surface area contributed by atoms with Gasteiger partial charge in [0.2, 0.25) is 0 Å².